The molecule has 0 saturated carbocycles. The van der Waals surface area contributed by atoms with E-state index in [4.69, 9.17) is 5.73 Å². The Balaban J connectivity index is 0.00000441. The zero-order valence-electron chi connectivity index (χ0n) is 12.6. The molecule has 4 N–H and O–H groups in total. The lowest BCUT2D eigenvalue weighted by atomic mass is 10.1. The number of nitrogens with one attached hydrogen (secondary N) is 2. The van der Waals surface area contributed by atoms with E-state index >= 15 is 0 Å². The van der Waals surface area contributed by atoms with Gasteiger partial charge in [-0.15, -0.1) is 12.4 Å². The molecular formula is C14H23ClN4O3. The molecule has 0 saturated heterocycles. The number of rotatable bonds is 9. The number of hydrogen-bond acceptors (Lipinski definition) is 5. The number of carbonyl (C=O) groups excluding carboxylic acids is 1. The molecule has 1 rings (SSSR count). The third-order valence-electron chi connectivity index (χ3n) is 3.10. The highest BCUT2D eigenvalue weighted by molar-refractivity contribution is 5.85. The van der Waals surface area contributed by atoms with Gasteiger partial charge in [0, 0.05) is 18.7 Å². The fourth-order valence-electron chi connectivity index (χ4n) is 1.94. The number of benzene rings is 1. The zero-order valence-corrected chi connectivity index (χ0v) is 13.4. The number of unbranched alkanes of at least 4 members (excludes halogenated alkanes) is 1. The number of halogens is 1. The van der Waals surface area contributed by atoms with Crippen LogP contribution in [0, 0.1) is 10.1 Å². The van der Waals surface area contributed by atoms with Crippen LogP contribution in [-0.4, -0.2) is 30.0 Å². The van der Waals surface area contributed by atoms with Gasteiger partial charge in [0.25, 0.3) is 5.69 Å². The molecule has 1 unspecified atom stereocenters. The van der Waals surface area contributed by atoms with Gasteiger partial charge in [0.2, 0.25) is 5.91 Å². The number of para-hydroxylation sites is 2. The maximum absolute atomic E-state index is 11.8. The molecule has 1 amide bonds. The van der Waals surface area contributed by atoms with E-state index in [-0.39, 0.29) is 36.6 Å². The normalized spacial score (nSPS) is 11.2. The highest BCUT2D eigenvalue weighted by atomic mass is 35.5. The number of hydrogen-bond donors (Lipinski definition) is 3. The molecule has 7 nitrogen and oxygen atoms in total. The van der Waals surface area contributed by atoms with Crippen molar-refractivity contribution >= 4 is 29.7 Å². The molecule has 0 bridgehead atoms. The summed E-state index contributed by atoms with van der Waals surface area (Å²) in [6, 6.07) is 6.17. The van der Waals surface area contributed by atoms with Gasteiger partial charge in [0.15, 0.2) is 0 Å². The number of nitrogens with zero attached hydrogens (tertiary/aromatic N) is 1. The summed E-state index contributed by atoms with van der Waals surface area (Å²) in [7, 11) is 0. The summed E-state index contributed by atoms with van der Waals surface area (Å²) in [5, 5.41) is 16.5. The summed E-state index contributed by atoms with van der Waals surface area (Å²) in [5.41, 5.74) is 5.89. The molecule has 0 aromatic heterocycles. The zero-order chi connectivity index (χ0) is 15.7. The van der Waals surface area contributed by atoms with Crippen molar-refractivity contribution < 1.29 is 9.72 Å². The van der Waals surface area contributed by atoms with Gasteiger partial charge in [0.1, 0.15) is 5.69 Å². The van der Waals surface area contributed by atoms with Crippen LogP contribution in [0.25, 0.3) is 0 Å². The van der Waals surface area contributed by atoms with E-state index in [1.807, 2.05) is 0 Å². The molecule has 0 radical (unpaired) electrons. The maximum atomic E-state index is 11.8. The van der Waals surface area contributed by atoms with E-state index < -0.39 is 4.92 Å². The Morgan fingerprint density at radius 1 is 1.41 bits per heavy atom. The molecule has 124 valence electrons. The molecule has 0 aliphatic rings. The second kappa shape index (κ2) is 10.8. The van der Waals surface area contributed by atoms with Gasteiger partial charge < -0.3 is 16.4 Å². The van der Waals surface area contributed by atoms with Gasteiger partial charge in [-0.1, -0.05) is 31.9 Å². The molecule has 0 aliphatic carbocycles. The Labute approximate surface area is 136 Å². The lowest BCUT2D eigenvalue weighted by Crippen LogP contribution is -2.42. The minimum Gasteiger partial charge on any atom is -0.371 e. The van der Waals surface area contributed by atoms with Crippen molar-refractivity contribution in [3.05, 3.63) is 34.4 Å². The Kier molecular flexibility index (Phi) is 9.89. The summed E-state index contributed by atoms with van der Waals surface area (Å²) in [4.78, 5) is 22.2. The minimum absolute atomic E-state index is 0. The first-order valence-corrected chi connectivity index (χ1v) is 7.05. The Morgan fingerprint density at radius 2 is 2.09 bits per heavy atom. The fourth-order valence-corrected chi connectivity index (χ4v) is 1.94. The second-order valence-electron chi connectivity index (χ2n) is 4.77. The van der Waals surface area contributed by atoms with Gasteiger partial charge in [-0.05, 0) is 12.5 Å². The van der Waals surface area contributed by atoms with Crippen molar-refractivity contribution in [2.75, 3.05) is 18.4 Å². The molecule has 1 atom stereocenters. The van der Waals surface area contributed by atoms with Crippen LogP contribution in [0.3, 0.4) is 0 Å². The van der Waals surface area contributed by atoms with Crippen LogP contribution in [-0.2, 0) is 4.79 Å². The van der Waals surface area contributed by atoms with Crippen LogP contribution in [0.5, 0.6) is 0 Å². The summed E-state index contributed by atoms with van der Waals surface area (Å²) < 4.78 is 0. The van der Waals surface area contributed by atoms with E-state index in [1.54, 1.807) is 18.2 Å². The van der Waals surface area contributed by atoms with Gasteiger partial charge >= 0.3 is 0 Å². The topological polar surface area (TPSA) is 110 Å². The largest absolute Gasteiger partial charge is 0.371 e. The molecule has 1 aromatic rings. The molecule has 0 fully saturated rings. The third-order valence-corrected chi connectivity index (χ3v) is 3.10. The smallest absolute Gasteiger partial charge is 0.292 e. The molecule has 0 aliphatic heterocycles. The van der Waals surface area contributed by atoms with Crippen LogP contribution in [0.2, 0.25) is 0 Å². The van der Waals surface area contributed by atoms with E-state index in [2.05, 4.69) is 17.6 Å². The number of anilines is 1. The van der Waals surface area contributed by atoms with Gasteiger partial charge in [-0.2, -0.15) is 0 Å². The number of amides is 1. The number of nitro groups is 1. The summed E-state index contributed by atoms with van der Waals surface area (Å²) >= 11 is 0. The second-order valence-corrected chi connectivity index (χ2v) is 4.77. The molecule has 0 heterocycles. The van der Waals surface area contributed by atoms with Crippen LogP contribution in [0.4, 0.5) is 11.4 Å². The van der Waals surface area contributed by atoms with Crippen LogP contribution in [0.15, 0.2) is 24.3 Å². The van der Waals surface area contributed by atoms with Gasteiger partial charge in [-0.25, -0.2) is 0 Å². The Morgan fingerprint density at radius 3 is 2.68 bits per heavy atom. The Bertz CT molecular complexity index is 485. The first-order valence-electron chi connectivity index (χ1n) is 7.05. The van der Waals surface area contributed by atoms with Crippen molar-refractivity contribution in [1.82, 2.24) is 5.32 Å². The number of nitrogens with two attached hydrogens (primary N) is 1. The average Bonchev–Trinajstić information content (AvgIpc) is 2.49. The van der Waals surface area contributed by atoms with E-state index in [0.29, 0.717) is 12.2 Å². The van der Waals surface area contributed by atoms with Gasteiger partial charge in [-0.3, -0.25) is 14.9 Å². The molecule has 8 heteroatoms. The maximum Gasteiger partial charge on any atom is 0.292 e. The lowest BCUT2D eigenvalue weighted by Gasteiger charge is -2.16. The Hall–Kier alpha value is -1.86. The van der Waals surface area contributed by atoms with Crippen molar-refractivity contribution in [3.63, 3.8) is 0 Å². The van der Waals surface area contributed by atoms with E-state index in [9.17, 15) is 14.9 Å². The highest BCUT2D eigenvalue weighted by Gasteiger charge is 2.14. The van der Waals surface area contributed by atoms with Crippen LogP contribution >= 0.6 is 12.4 Å². The summed E-state index contributed by atoms with van der Waals surface area (Å²) in [5.74, 6) is -0.222. The summed E-state index contributed by atoms with van der Waals surface area (Å²) in [6.07, 6.45) is 2.88. The monoisotopic (exact) mass is 330 g/mol. The predicted octanol–water partition coefficient (Wildman–Crippen LogP) is 2.06. The standard InChI is InChI=1S/C14H22N4O3.ClH/c1-2-3-6-11(9-15)17-14(19)10-16-12-7-4-5-8-13(12)18(20)21;/h4-5,7-8,11,16H,2-3,6,9-10,15H2,1H3,(H,17,19);1H. The molecule has 22 heavy (non-hydrogen) atoms. The van der Waals surface area contributed by atoms with Gasteiger partial charge in [0.05, 0.1) is 11.5 Å². The lowest BCUT2D eigenvalue weighted by molar-refractivity contribution is -0.383. The van der Waals surface area contributed by atoms with Crippen molar-refractivity contribution in [2.45, 2.75) is 32.2 Å². The van der Waals surface area contributed by atoms with Crippen LogP contribution in [0.1, 0.15) is 26.2 Å². The number of carbonyl (C=O) groups is 1. The molecule has 1 aromatic carbocycles. The van der Waals surface area contributed by atoms with Crippen molar-refractivity contribution in [3.8, 4) is 0 Å². The first kappa shape index (κ1) is 20.1. The SMILES string of the molecule is CCCCC(CN)NC(=O)CNc1ccccc1[N+](=O)[O-].Cl. The predicted molar refractivity (Wildman–Crippen MR) is 89.3 cm³/mol. The quantitative estimate of drug-likeness (QED) is 0.474. The third kappa shape index (κ3) is 6.73. The average molecular weight is 331 g/mol. The minimum atomic E-state index is -0.482. The highest BCUT2D eigenvalue weighted by Crippen LogP contribution is 2.22. The first-order chi connectivity index (χ1) is 10.1. The van der Waals surface area contributed by atoms with E-state index in [1.165, 1.54) is 6.07 Å². The molecular weight excluding hydrogens is 308 g/mol. The van der Waals surface area contributed by atoms with E-state index in [0.717, 1.165) is 19.3 Å². The van der Waals surface area contributed by atoms with Crippen LogP contribution < -0.4 is 16.4 Å². The molecule has 0 spiro atoms. The van der Waals surface area contributed by atoms with Crippen molar-refractivity contribution in [1.29, 1.82) is 0 Å². The fraction of sp³-hybridized carbons (Fsp3) is 0.500. The summed E-state index contributed by atoms with van der Waals surface area (Å²) in [6.45, 7) is 2.44. The van der Waals surface area contributed by atoms with Crippen molar-refractivity contribution in [2.24, 2.45) is 5.73 Å². The number of nitro benzene ring substituents is 1.